The Balaban J connectivity index is 1.38. The molecule has 25 heavy (non-hydrogen) atoms. The average molecular weight is 334 g/mol. The minimum Gasteiger partial charge on any atom is -0.439 e. The predicted molar refractivity (Wildman–Crippen MR) is 92.6 cm³/mol. The molecule has 6 nitrogen and oxygen atoms in total. The summed E-state index contributed by atoms with van der Waals surface area (Å²) in [4.78, 5) is 20.9. The Kier molecular flexibility index (Phi) is 4.16. The van der Waals surface area contributed by atoms with Crippen LogP contribution in [-0.4, -0.2) is 26.5 Å². The Morgan fingerprint density at radius 3 is 2.84 bits per heavy atom. The smallest absolute Gasteiger partial charge is 0.253 e. The van der Waals surface area contributed by atoms with Crippen molar-refractivity contribution in [3.05, 3.63) is 72.4 Å². The predicted octanol–water partition coefficient (Wildman–Crippen LogP) is 2.82. The van der Waals surface area contributed by atoms with E-state index in [1.165, 1.54) is 0 Å². The Bertz CT molecular complexity index is 859. The summed E-state index contributed by atoms with van der Waals surface area (Å²) >= 11 is 0. The summed E-state index contributed by atoms with van der Waals surface area (Å²) in [5.41, 5.74) is 0.525. The van der Waals surface area contributed by atoms with Crippen LogP contribution >= 0.6 is 0 Å². The van der Waals surface area contributed by atoms with Crippen LogP contribution in [0.5, 0.6) is 11.6 Å². The lowest BCUT2D eigenvalue weighted by molar-refractivity contribution is 0.0927. The summed E-state index contributed by atoms with van der Waals surface area (Å²) in [5.74, 6) is 2.14. The van der Waals surface area contributed by atoms with E-state index in [0.29, 0.717) is 17.2 Å². The summed E-state index contributed by atoms with van der Waals surface area (Å²) in [5, 5.41) is 3.07. The molecule has 0 radical (unpaired) electrons. The number of ether oxygens (including phenoxy) is 1. The Morgan fingerprint density at radius 1 is 1.16 bits per heavy atom. The third-order valence-electron chi connectivity index (χ3n) is 4.23. The minimum absolute atomic E-state index is 0.106. The van der Waals surface area contributed by atoms with Crippen LogP contribution in [-0.2, 0) is 13.0 Å². The van der Waals surface area contributed by atoms with E-state index in [1.807, 2.05) is 36.5 Å². The van der Waals surface area contributed by atoms with Crippen molar-refractivity contribution in [1.82, 2.24) is 19.9 Å². The van der Waals surface area contributed by atoms with E-state index < -0.39 is 0 Å². The van der Waals surface area contributed by atoms with E-state index in [9.17, 15) is 4.79 Å². The van der Waals surface area contributed by atoms with Gasteiger partial charge >= 0.3 is 0 Å². The number of pyridine rings is 1. The van der Waals surface area contributed by atoms with Gasteiger partial charge in [-0.1, -0.05) is 18.2 Å². The van der Waals surface area contributed by atoms with E-state index in [-0.39, 0.29) is 11.9 Å². The lowest BCUT2D eigenvalue weighted by Gasteiger charge is -2.24. The van der Waals surface area contributed by atoms with Gasteiger partial charge in [-0.25, -0.2) is 9.97 Å². The van der Waals surface area contributed by atoms with E-state index in [2.05, 4.69) is 19.9 Å². The van der Waals surface area contributed by atoms with E-state index in [0.717, 1.165) is 25.2 Å². The largest absolute Gasteiger partial charge is 0.439 e. The first-order chi connectivity index (χ1) is 12.3. The van der Waals surface area contributed by atoms with Gasteiger partial charge in [0.25, 0.3) is 5.91 Å². The van der Waals surface area contributed by atoms with Crippen LogP contribution < -0.4 is 10.1 Å². The van der Waals surface area contributed by atoms with Gasteiger partial charge < -0.3 is 14.6 Å². The second-order valence-corrected chi connectivity index (χ2v) is 6.01. The standard InChI is InChI=1S/C19H18N4O2/c24-19(22-15-7-8-17-20-10-11-23(17)13-15)14-6-9-18(21-12-14)25-16-4-2-1-3-5-16/h1-6,9-12,15H,7-8,13H2,(H,22,24)/t15-/m0/s1. The molecule has 6 heteroatoms. The van der Waals surface area contributed by atoms with E-state index in [4.69, 9.17) is 4.74 Å². The van der Waals surface area contributed by atoms with Crippen LogP contribution in [0.4, 0.5) is 0 Å². The zero-order valence-electron chi connectivity index (χ0n) is 13.6. The maximum atomic E-state index is 12.4. The summed E-state index contributed by atoms with van der Waals surface area (Å²) in [6, 6.07) is 13.0. The number of rotatable bonds is 4. The number of carbonyl (C=O) groups is 1. The second-order valence-electron chi connectivity index (χ2n) is 6.01. The molecule has 0 saturated carbocycles. The Hall–Kier alpha value is -3.15. The summed E-state index contributed by atoms with van der Waals surface area (Å²) < 4.78 is 7.73. The monoisotopic (exact) mass is 334 g/mol. The van der Waals surface area contributed by atoms with Crippen LogP contribution in [0.15, 0.2) is 61.1 Å². The Morgan fingerprint density at radius 2 is 2.04 bits per heavy atom. The van der Waals surface area contributed by atoms with Crippen molar-refractivity contribution >= 4 is 5.91 Å². The van der Waals surface area contributed by atoms with Gasteiger partial charge in [-0.2, -0.15) is 0 Å². The first-order valence-corrected chi connectivity index (χ1v) is 8.28. The molecule has 1 atom stereocenters. The fourth-order valence-corrected chi connectivity index (χ4v) is 2.94. The van der Waals surface area contributed by atoms with Gasteiger partial charge in [0, 0.05) is 43.7 Å². The molecular weight excluding hydrogens is 316 g/mol. The van der Waals surface area contributed by atoms with Crippen LogP contribution in [0.3, 0.4) is 0 Å². The number of hydrogen-bond donors (Lipinski definition) is 1. The third-order valence-corrected chi connectivity index (χ3v) is 4.23. The summed E-state index contributed by atoms with van der Waals surface area (Å²) in [6.45, 7) is 0.754. The molecule has 0 saturated heterocycles. The lowest BCUT2D eigenvalue weighted by atomic mass is 10.1. The second kappa shape index (κ2) is 6.76. The normalized spacial score (nSPS) is 16.1. The maximum Gasteiger partial charge on any atom is 0.253 e. The highest BCUT2D eigenvalue weighted by Crippen LogP contribution is 2.19. The first kappa shape index (κ1) is 15.4. The van der Waals surface area contributed by atoms with Gasteiger partial charge in [-0.3, -0.25) is 4.79 Å². The average Bonchev–Trinajstić information content (AvgIpc) is 3.11. The molecule has 4 rings (SSSR count). The molecule has 2 aromatic heterocycles. The van der Waals surface area contributed by atoms with Crippen LogP contribution in [0.25, 0.3) is 0 Å². The zero-order valence-corrected chi connectivity index (χ0v) is 13.6. The molecule has 0 unspecified atom stereocenters. The molecule has 1 aromatic carbocycles. The number of aryl methyl sites for hydroxylation is 1. The number of imidazole rings is 1. The van der Waals surface area contributed by atoms with E-state index in [1.54, 1.807) is 24.5 Å². The van der Waals surface area contributed by atoms with Crippen LogP contribution in [0, 0.1) is 0 Å². The lowest BCUT2D eigenvalue weighted by Crippen LogP contribution is -2.40. The molecule has 126 valence electrons. The maximum absolute atomic E-state index is 12.4. The highest BCUT2D eigenvalue weighted by molar-refractivity contribution is 5.94. The number of amides is 1. The number of aromatic nitrogens is 3. The van der Waals surface area contributed by atoms with Gasteiger partial charge in [0.2, 0.25) is 5.88 Å². The van der Waals surface area contributed by atoms with Crippen LogP contribution in [0.1, 0.15) is 22.6 Å². The molecule has 0 aliphatic carbocycles. The molecule has 3 heterocycles. The summed E-state index contributed by atoms with van der Waals surface area (Å²) in [6.07, 6.45) is 7.06. The Labute approximate surface area is 145 Å². The van der Waals surface area contributed by atoms with Crippen molar-refractivity contribution in [2.24, 2.45) is 0 Å². The fraction of sp³-hybridized carbons (Fsp3) is 0.211. The van der Waals surface area contributed by atoms with E-state index >= 15 is 0 Å². The van der Waals surface area contributed by atoms with Gasteiger partial charge in [-0.15, -0.1) is 0 Å². The van der Waals surface area contributed by atoms with Crippen molar-refractivity contribution in [2.75, 3.05) is 0 Å². The molecule has 0 spiro atoms. The zero-order chi connectivity index (χ0) is 17.1. The summed E-state index contributed by atoms with van der Waals surface area (Å²) in [7, 11) is 0. The highest BCUT2D eigenvalue weighted by atomic mass is 16.5. The van der Waals surface area contributed by atoms with Gasteiger partial charge in [0.05, 0.1) is 5.56 Å². The molecule has 0 fully saturated rings. The number of nitrogens with zero attached hydrogens (tertiary/aromatic N) is 3. The highest BCUT2D eigenvalue weighted by Gasteiger charge is 2.21. The number of carbonyl (C=O) groups excluding carboxylic acids is 1. The van der Waals surface area contributed by atoms with Crippen molar-refractivity contribution in [2.45, 2.75) is 25.4 Å². The first-order valence-electron chi connectivity index (χ1n) is 8.28. The molecular formula is C19H18N4O2. The molecule has 1 amide bonds. The third kappa shape index (κ3) is 3.52. The number of nitrogens with one attached hydrogen (secondary N) is 1. The number of fused-ring (bicyclic) bond motifs is 1. The van der Waals surface area contributed by atoms with Crippen molar-refractivity contribution in [3.8, 4) is 11.6 Å². The number of hydrogen-bond acceptors (Lipinski definition) is 4. The van der Waals surface area contributed by atoms with Gasteiger partial charge in [0.1, 0.15) is 11.6 Å². The SMILES string of the molecule is O=C(N[C@H]1CCc2nccn2C1)c1ccc(Oc2ccccc2)nc1. The molecule has 3 aromatic rings. The fourth-order valence-electron chi connectivity index (χ4n) is 2.94. The molecule has 0 bridgehead atoms. The van der Waals surface area contributed by atoms with Gasteiger partial charge in [0.15, 0.2) is 0 Å². The van der Waals surface area contributed by atoms with Crippen molar-refractivity contribution < 1.29 is 9.53 Å². The number of benzene rings is 1. The minimum atomic E-state index is -0.118. The van der Waals surface area contributed by atoms with Crippen molar-refractivity contribution in [1.29, 1.82) is 0 Å². The molecule has 1 N–H and O–H groups in total. The van der Waals surface area contributed by atoms with Crippen molar-refractivity contribution in [3.63, 3.8) is 0 Å². The quantitative estimate of drug-likeness (QED) is 0.796. The topological polar surface area (TPSA) is 69.0 Å². The number of para-hydroxylation sites is 1. The van der Waals surface area contributed by atoms with Crippen LogP contribution in [0.2, 0.25) is 0 Å². The molecule has 1 aliphatic heterocycles. The van der Waals surface area contributed by atoms with Gasteiger partial charge in [-0.05, 0) is 24.6 Å². The molecule has 1 aliphatic rings.